The Hall–Kier alpha value is -2.10. The Kier molecular flexibility index (Phi) is 8.94. The molecule has 1 aromatic heterocycles. The summed E-state index contributed by atoms with van der Waals surface area (Å²) in [5.41, 5.74) is 1.82. The minimum absolute atomic E-state index is 0.422. The highest BCUT2D eigenvalue weighted by Crippen LogP contribution is 2.29. The summed E-state index contributed by atoms with van der Waals surface area (Å²) in [7, 11) is 0. The van der Waals surface area contributed by atoms with Crippen LogP contribution in [0.1, 0.15) is 59.3 Å². The maximum absolute atomic E-state index is 5.97. The van der Waals surface area contributed by atoms with Crippen molar-refractivity contribution in [2.75, 3.05) is 13.2 Å². The fraction of sp³-hybridized carbons (Fsp3) is 0.545. The Morgan fingerprint density at radius 1 is 0.962 bits per heavy atom. The summed E-state index contributed by atoms with van der Waals surface area (Å²) in [6, 6.07) is 10.5. The van der Waals surface area contributed by atoms with Crippen LogP contribution < -0.4 is 9.47 Å². The van der Waals surface area contributed by atoms with Gasteiger partial charge in [0.25, 0.3) is 0 Å². The van der Waals surface area contributed by atoms with Crippen molar-refractivity contribution < 1.29 is 9.47 Å². The van der Waals surface area contributed by atoms with Crippen molar-refractivity contribution in [1.29, 1.82) is 0 Å². The van der Waals surface area contributed by atoms with Crippen LogP contribution in [0.15, 0.2) is 36.5 Å². The molecule has 1 atom stereocenters. The van der Waals surface area contributed by atoms with Gasteiger partial charge in [-0.3, -0.25) is 0 Å². The lowest BCUT2D eigenvalue weighted by Gasteiger charge is -2.13. The van der Waals surface area contributed by atoms with E-state index < -0.39 is 0 Å². The molecule has 4 heteroatoms. The number of unbranched alkanes of at least 4 members (excludes halogenated alkanes) is 3. The number of rotatable bonds is 12. The molecule has 0 aliphatic rings. The van der Waals surface area contributed by atoms with Gasteiger partial charge in [-0.15, -0.1) is 0 Å². The van der Waals surface area contributed by atoms with Crippen molar-refractivity contribution in [3.05, 3.63) is 36.5 Å². The molecule has 4 nitrogen and oxygen atoms in total. The molecule has 0 spiro atoms. The van der Waals surface area contributed by atoms with E-state index in [-0.39, 0.29) is 0 Å². The number of aromatic nitrogens is 2. The minimum atomic E-state index is 0.422. The van der Waals surface area contributed by atoms with Crippen LogP contribution in [0.4, 0.5) is 0 Å². The van der Waals surface area contributed by atoms with Crippen molar-refractivity contribution in [3.63, 3.8) is 0 Å². The summed E-state index contributed by atoms with van der Waals surface area (Å²) in [5.74, 6) is 1.37. The van der Waals surface area contributed by atoms with E-state index in [0.29, 0.717) is 25.1 Å². The number of benzene rings is 1. The number of nitrogens with zero attached hydrogens (tertiary/aromatic N) is 2. The highest BCUT2D eigenvalue weighted by molar-refractivity contribution is 5.65. The first kappa shape index (κ1) is 20.2. The zero-order chi connectivity index (χ0) is 18.6. The van der Waals surface area contributed by atoms with E-state index in [1.54, 1.807) is 6.20 Å². The molecule has 0 N–H and O–H groups in total. The molecule has 26 heavy (non-hydrogen) atoms. The molecule has 2 rings (SSSR count). The van der Waals surface area contributed by atoms with Gasteiger partial charge in [-0.05, 0) is 18.8 Å². The molecule has 1 aromatic carbocycles. The fourth-order valence-electron chi connectivity index (χ4n) is 2.60. The normalized spacial score (nSPS) is 12.0. The molecule has 142 valence electrons. The van der Waals surface area contributed by atoms with Crippen molar-refractivity contribution in [2.24, 2.45) is 5.92 Å². The fourth-order valence-corrected chi connectivity index (χ4v) is 2.60. The molecule has 0 aliphatic heterocycles. The molecule has 0 aliphatic carbocycles. The molecule has 0 amide bonds. The first-order valence-corrected chi connectivity index (χ1v) is 9.92. The van der Waals surface area contributed by atoms with Crippen molar-refractivity contribution in [3.8, 4) is 23.0 Å². The molecule has 0 saturated carbocycles. The van der Waals surface area contributed by atoms with E-state index in [1.807, 2.05) is 30.3 Å². The van der Waals surface area contributed by atoms with E-state index in [9.17, 15) is 0 Å². The number of ether oxygens (including phenoxy) is 2. The zero-order valence-electron chi connectivity index (χ0n) is 16.4. The van der Waals surface area contributed by atoms with Gasteiger partial charge in [0.15, 0.2) is 5.75 Å². The second-order valence-electron chi connectivity index (χ2n) is 6.79. The Labute approximate surface area is 158 Å². The topological polar surface area (TPSA) is 44.2 Å². The summed E-state index contributed by atoms with van der Waals surface area (Å²) in [6.45, 7) is 7.97. The van der Waals surface area contributed by atoms with Gasteiger partial charge in [0.2, 0.25) is 0 Å². The molecule has 0 radical (unpaired) electrons. The van der Waals surface area contributed by atoms with Crippen LogP contribution in [0.2, 0.25) is 0 Å². The van der Waals surface area contributed by atoms with Crippen LogP contribution in [0, 0.1) is 5.92 Å². The third-order valence-electron chi connectivity index (χ3n) is 4.57. The monoisotopic (exact) mass is 356 g/mol. The summed E-state index contributed by atoms with van der Waals surface area (Å²) in [6.07, 6.45) is 8.62. The predicted molar refractivity (Wildman–Crippen MR) is 107 cm³/mol. The Morgan fingerprint density at radius 2 is 1.77 bits per heavy atom. The summed E-state index contributed by atoms with van der Waals surface area (Å²) in [5, 5.41) is 0. The third-order valence-corrected chi connectivity index (χ3v) is 4.57. The largest absolute Gasteiger partial charge is 0.490 e. The molecule has 1 unspecified atom stereocenters. The van der Waals surface area contributed by atoms with Crippen LogP contribution in [-0.4, -0.2) is 23.2 Å². The Bertz CT molecular complexity index is 631. The molecule has 1 heterocycles. The molecular formula is C22H32N2O2. The lowest BCUT2D eigenvalue weighted by molar-refractivity contribution is 0.258. The van der Waals surface area contributed by atoms with E-state index in [2.05, 4.69) is 30.7 Å². The van der Waals surface area contributed by atoms with Gasteiger partial charge in [-0.1, -0.05) is 76.8 Å². The van der Waals surface area contributed by atoms with Gasteiger partial charge in [0.05, 0.1) is 19.4 Å². The van der Waals surface area contributed by atoms with Gasteiger partial charge >= 0.3 is 6.01 Å². The number of hydrogen-bond donors (Lipinski definition) is 0. The van der Waals surface area contributed by atoms with Crippen LogP contribution >= 0.6 is 0 Å². The average molecular weight is 357 g/mol. The van der Waals surface area contributed by atoms with E-state index in [1.165, 1.54) is 19.3 Å². The van der Waals surface area contributed by atoms with Gasteiger partial charge in [0, 0.05) is 5.56 Å². The molecule has 0 saturated heterocycles. The number of hydrogen-bond acceptors (Lipinski definition) is 4. The van der Waals surface area contributed by atoms with Crippen LogP contribution in [-0.2, 0) is 0 Å². The van der Waals surface area contributed by atoms with Gasteiger partial charge in [0.1, 0.15) is 5.69 Å². The van der Waals surface area contributed by atoms with Crippen LogP contribution in [0.25, 0.3) is 11.3 Å². The average Bonchev–Trinajstić information content (AvgIpc) is 2.69. The van der Waals surface area contributed by atoms with Gasteiger partial charge in [-0.25, -0.2) is 0 Å². The molecule has 0 fully saturated rings. The lowest BCUT2D eigenvalue weighted by Crippen LogP contribution is -2.07. The highest BCUT2D eigenvalue weighted by Gasteiger charge is 2.12. The van der Waals surface area contributed by atoms with Gasteiger partial charge in [-0.2, -0.15) is 9.97 Å². The maximum atomic E-state index is 5.97. The maximum Gasteiger partial charge on any atom is 0.317 e. The predicted octanol–water partition coefficient (Wildman–Crippen LogP) is 5.92. The first-order valence-electron chi connectivity index (χ1n) is 9.92. The van der Waals surface area contributed by atoms with Crippen LogP contribution in [0.5, 0.6) is 11.8 Å². The van der Waals surface area contributed by atoms with E-state index in [0.717, 1.165) is 36.3 Å². The van der Waals surface area contributed by atoms with Crippen molar-refractivity contribution in [1.82, 2.24) is 9.97 Å². The SMILES string of the molecule is CCCCCCOc1cnc(OCCC(C)CC)nc1-c1ccccc1. The quantitative estimate of drug-likeness (QED) is 0.443. The highest BCUT2D eigenvalue weighted by atomic mass is 16.5. The van der Waals surface area contributed by atoms with Gasteiger partial charge < -0.3 is 9.47 Å². The zero-order valence-corrected chi connectivity index (χ0v) is 16.4. The van der Waals surface area contributed by atoms with E-state index >= 15 is 0 Å². The first-order chi connectivity index (χ1) is 12.7. The third kappa shape index (κ3) is 6.66. The molecule has 2 aromatic rings. The summed E-state index contributed by atoms with van der Waals surface area (Å²) in [4.78, 5) is 8.97. The van der Waals surface area contributed by atoms with Crippen molar-refractivity contribution in [2.45, 2.75) is 59.3 Å². The molecule has 0 bridgehead atoms. The minimum Gasteiger partial charge on any atom is -0.490 e. The molecular weight excluding hydrogens is 324 g/mol. The standard InChI is InChI=1S/C22H32N2O2/c1-4-6-7-11-15-25-20-17-23-22(26-16-14-18(3)5-2)24-21(20)19-12-9-8-10-13-19/h8-10,12-13,17-18H,4-7,11,14-16H2,1-3H3. The van der Waals surface area contributed by atoms with E-state index in [4.69, 9.17) is 9.47 Å². The van der Waals surface area contributed by atoms with Crippen molar-refractivity contribution >= 4 is 0 Å². The Morgan fingerprint density at radius 3 is 2.50 bits per heavy atom. The Balaban J connectivity index is 2.06. The van der Waals surface area contributed by atoms with Crippen LogP contribution in [0.3, 0.4) is 0 Å². The summed E-state index contributed by atoms with van der Waals surface area (Å²) >= 11 is 0. The summed E-state index contributed by atoms with van der Waals surface area (Å²) < 4.78 is 11.7. The second-order valence-corrected chi connectivity index (χ2v) is 6.79. The smallest absolute Gasteiger partial charge is 0.317 e. The lowest BCUT2D eigenvalue weighted by atomic mass is 10.1. The second kappa shape index (κ2) is 11.5.